The molecule has 7 heteroatoms. The summed E-state index contributed by atoms with van der Waals surface area (Å²) in [6, 6.07) is 4.81. The lowest BCUT2D eigenvalue weighted by Gasteiger charge is -2.11. The van der Waals surface area contributed by atoms with E-state index in [0.29, 0.717) is 6.61 Å². The Hall–Kier alpha value is -1.35. The molecule has 3 N–H and O–H groups in total. The van der Waals surface area contributed by atoms with Crippen LogP contribution in [0.3, 0.4) is 0 Å². The summed E-state index contributed by atoms with van der Waals surface area (Å²) < 4.78 is 18.4. The molecule has 1 aromatic carbocycles. The van der Waals surface area contributed by atoms with Gasteiger partial charge in [0.25, 0.3) is 0 Å². The van der Waals surface area contributed by atoms with Crippen molar-refractivity contribution in [2.75, 3.05) is 33.4 Å². The van der Waals surface area contributed by atoms with E-state index in [1.165, 1.54) is 6.07 Å². The van der Waals surface area contributed by atoms with Crippen molar-refractivity contribution in [3.8, 4) is 0 Å². The quantitative estimate of drug-likeness (QED) is 0.252. The molecule has 5 nitrogen and oxygen atoms in total. The number of aromatic amines is 1. The number of aromatic nitrogens is 1. The van der Waals surface area contributed by atoms with Crippen LogP contribution < -0.4 is 10.6 Å². The number of fused-ring (bicyclic) bond motifs is 1. The molecule has 0 amide bonds. The van der Waals surface area contributed by atoms with Gasteiger partial charge in [-0.2, -0.15) is 0 Å². The summed E-state index contributed by atoms with van der Waals surface area (Å²) in [5.74, 6) is 0.592. The van der Waals surface area contributed by atoms with Crippen LogP contribution in [0.1, 0.15) is 18.9 Å². The van der Waals surface area contributed by atoms with Gasteiger partial charge in [-0.1, -0.05) is 0 Å². The first-order chi connectivity index (χ1) is 11.2. The van der Waals surface area contributed by atoms with Crippen LogP contribution in [0.5, 0.6) is 0 Å². The van der Waals surface area contributed by atoms with Crippen molar-refractivity contribution in [2.24, 2.45) is 4.99 Å². The van der Waals surface area contributed by atoms with Crippen LogP contribution in [-0.2, 0) is 11.2 Å². The van der Waals surface area contributed by atoms with Gasteiger partial charge in [0.1, 0.15) is 5.82 Å². The van der Waals surface area contributed by atoms with Crippen LogP contribution >= 0.6 is 24.0 Å². The summed E-state index contributed by atoms with van der Waals surface area (Å²) in [7, 11) is 1.69. The molecule has 0 bridgehead atoms. The van der Waals surface area contributed by atoms with Crippen LogP contribution in [0.25, 0.3) is 10.9 Å². The minimum Gasteiger partial charge on any atom is -0.385 e. The summed E-state index contributed by atoms with van der Waals surface area (Å²) in [6.45, 7) is 5.02. The Balaban J connectivity index is 0.00000288. The van der Waals surface area contributed by atoms with Gasteiger partial charge in [-0.3, -0.25) is 4.99 Å². The molecule has 0 unspecified atom stereocenters. The first-order valence-corrected chi connectivity index (χ1v) is 8.01. The van der Waals surface area contributed by atoms with Crippen LogP contribution in [0.15, 0.2) is 29.4 Å². The molecular formula is C17H26FIN4O. The van der Waals surface area contributed by atoms with Crippen molar-refractivity contribution >= 4 is 40.8 Å². The highest BCUT2D eigenvalue weighted by Gasteiger charge is 2.05. The zero-order valence-corrected chi connectivity index (χ0v) is 16.5. The van der Waals surface area contributed by atoms with Crippen LogP contribution in [0.4, 0.5) is 4.39 Å². The predicted molar refractivity (Wildman–Crippen MR) is 108 cm³/mol. The van der Waals surface area contributed by atoms with E-state index in [4.69, 9.17) is 4.74 Å². The second-order valence-corrected chi connectivity index (χ2v) is 5.29. The van der Waals surface area contributed by atoms with E-state index in [1.807, 2.05) is 13.1 Å². The second-order valence-electron chi connectivity index (χ2n) is 5.29. The van der Waals surface area contributed by atoms with Crippen molar-refractivity contribution < 1.29 is 9.13 Å². The first kappa shape index (κ1) is 20.7. The Morgan fingerprint density at radius 1 is 1.33 bits per heavy atom. The molecule has 1 aromatic heterocycles. The summed E-state index contributed by atoms with van der Waals surface area (Å²) in [4.78, 5) is 7.67. The molecule has 1 heterocycles. The summed E-state index contributed by atoms with van der Waals surface area (Å²) >= 11 is 0. The topological polar surface area (TPSA) is 61.4 Å². The number of nitrogens with zero attached hydrogens (tertiary/aromatic N) is 1. The molecule has 0 saturated carbocycles. The fourth-order valence-electron chi connectivity index (χ4n) is 2.41. The molecule has 2 rings (SSSR count). The van der Waals surface area contributed by atoms with E-state index in [-0.39, 0.29) is 29.8 Å². The largest absolute Gasteiger partial charge is 0.385 e. The zero-order valence-electron chi connectivity index (χ0n) is 14.2. The van der Waals surface area contributed by atoms with Gasteiger partial charge in [-0.05, 0) is 43.5 Å². The molecule has 134 valence electrons. The van der Waals surface area contributed by atoms with E-state index in [2.05, 4.69) is 20.6 Å². The third-order valence-corrected chi connectivity index (χ3v) is 3.54. The molecule has 0 aliphatic carbocycles. The van der Waals surface area contributed by atoms with Gasteiger partial charge in [-0.15, -0.1) is 24.0 Å². The number of halogens is 2. The molecule has 0 atom stereocenters. The lowest BCUT2D eigenvalue weighted by molar-refractivity contribution is 0.197. The maximum atomic E-state index is 13.4. The molecule has 0 spiro atoms. The number of rotatable bonds is 8. The fraction of sp³-hybridized carbons (Fsp3) is 0.471. The average molecular weight is 448 g/mol. The van der Waals surface area contributed by atoms with Crippen LogP contribution in [-0.4, -0.2) is 44.3 Å². The summed E-state index contributed by atoms with van der Waals surface area (Å²) in [5, 5.41) is 7.46. The molecule has 0 saturated heterocycles. The molecule has 24 heavy (non-hydrogen) atoms. The number of guanidine groups is 1. The minimum absolute atomic E-state index is 0. The van der Waals surface area contributed by atoms with Crippen molar-refractivity contribution in [1.29, 1.82) is 0 Å². The van der Waals surface area contributed by atoms with Gasteiger partial charge in [0.2, 0.25) is 0 Å². The number of benzene rings is 1. The first-order valence-electron chi connectivity index (χ1n) is 8.01. The van der Waals surface area contributed by atoms with Gasteiger partial charge in [0.05, 0.1) is 0 Å². The lowest BCUT2D eigenvalue weighted by atomic mass is 10.1. The normalized spacial score (nSPS) is 11.4. The Bertz CT molecular complexity index is 645. The van der Waals surface area contributed by atoms with E-state index in [9.17, 15) is 4.39 Å². The van der Waals surface area contributed by atoms with Gasteiger partial charge in [0.15, 0.2) is 5.96 Å². The molecule has 0 aliphatic rings. The number of H-pyrrole nitrogens is 1. The van der Waals surface area contributed by atoms with Crippen molar-refractivity contribution in [3.05, 3.63) is 35.8 Å². The lowest BCUT2D eigenvalue weighted by Crippen LogP contribution is -2.38. The van der Waals surface area contributed by atoms with Crippen molar-refractivity contribution in [3.63, 3.8) is 0 Å². The molecule has 0 fully saturated rings. The number of methoxy groups -OCH3 is 1. The Morgan fingerprint density at radius 2 is 2.17 bits per heavy atom. The number of nitrogens with one attached hydrogen (secondary N) is 3. The highest BCUT2D eigenvalue weighted by atomic mass is 127. The fourth-order valence-corrected chi connectivity index (χ4v) is 2.41. The molecule has 0 aliphatic heterocycles. The highest BCUT2D eigenvalue weighted by Crippen LogP contribution is 2.19. The Labute approximate surface area is 159 Å². The smallest absolute Gasteiger partial charge is 0.191 e. The van der Waals surface area contributed by atoms with E-state index in [0.717, 1.165) is 54.9 Å². The average Bonchev–Trinajstić information content (AvgIpc) is 2.94. The van der Waals surface area contributed by atoms with E-state index >= 15 is 0 Å². The van der Waals surface area contributed by atoms with Crippen molar-refractivity contribution in [2.45, 2.75) is 19.8 Å². The SMILES string of the molecule is CCNC(=NCCCOC)NCCc1c[nH]c2ccc(F)cc12.I. The second kappa shape index (κ2) is 11.2. The number of hydrogen-bond acceptors (Lipinski definition) is 2. The number of ether oxygens (including phenoxy) is 1. The minimum atomic E-state index is -0.209. The zero-order chi connectivity index (χ0) is 16.5. The Kier molecular flexibility index (Phi) is 9.70. The van der Waals surface area contributed by atoms with Gasteiger partial charge in [0, 0.05) is 50.5 Å². The number of hydrogen-bond donors (Lipinski definition) is 3. The molecular weight excluding hydrogens is 422 g/mol. The monoisotopic (exact) mass is 448 g/mol. The maximum Gasteiger partial charge on any atom is 0.191 e. The van der Waals surface area contributed by atoms with Gasteiger partial charge < -0.3 is 20.4 Å². The van der Waals surface area contributed by atoms with Crippen LogP contribution in [0, 0.1) is 5.82 Å². The van der Waals surface area contributed by atoms with E-state index in [1.54, 1.807) is 19.2 Å². The highest BCUT2D eigenvalue weighted by molar-refractivity contribution is 14.0. The third kappa shape index (κ3) is 6.27. The molecule has 2 aromatic rings. The third-order valence-electron chi connectivity index (χ3n) is 3.54. The van der Waals surface area contributed by atoms with Gasteiger partial charge in [-0.25, -0.2) is 4.39 Å². The Morgan fingerprint density at radius 3 is 2.92 bits per heavy atom. The summed E-state index contributed by atoms with van der Waals surface area (Å²) in [6.07, 6.45) is 3.63. The maximum absolute atomic E-state index is 13.4. The standard InChI is InChI=1S/C17H25FN4O.HI/c1-3-19-17(20-8-4-10-23-2)21-9-7-13-12-22-16-6-5-14(18)11-15(13)16;/h5-6,11-12,22H,3-4,7-10H2,1-2H3,(H2,19,20,21);1H. The van der Waals surface area contributed by atoms with Gasteiger partial charge >= 0.3 is 0 Å². The predicted octanol–water partition coefficient (Wildman–Crippen LogP) is 3.06. The van der Waals surface area contributed by atoms with Crippen molar-refractivity contribution in [1.82, 2.24) is 15.6 Å². The van der Waals surface area contributed by atoms with E-state index < -0.39 is 0 Å². The molecule has 0 radical (unpaired) electrons. The van der Waals surface area contributed by atoms with Crippen LogP contribution in [0.2, 0.25) is 0 Å². The summed E-state index contributed by atoms with van der Waals surface area (Å²) in [5.41, 5.74) is 2.06. The number of aliphatic imine (C=N–C) groups is 1.